The molecule has 8 heteroatoms. The molecule has 1 rings (SSSR count). The van der Waals surface area contributed by atoms with Crippen molar-refractivity contribution in [2.24, 2.45) is 0 Å². The molecule has 0 saturated carbocycles. The maximum atomic E-state index is 11.6. The number of urea groups is 1. The normalized spacial score (nSPS) is 10.0. The van der Waals surface area contributed by atoms with Gasteiger partial charge in [-0.25, -0.2) is 4.79 Å². The lowest BCUT2D eigenvalue weighted by atomic mass is 10.3. The number of anilines is 1. The molecule has 0 saturated heterocycles. The molecule has 0 aliphatic carbocycles. The number of amides is 3. The first-order valence-corrected chi connectivity index (χ1v) is 7.04. The highest BCUT2D eigenvalue weighted by atomic mass is 35.5. The minimum absolute atomic E-state index is 0.159. The van der Waals surface area contributed by atoms with Gasteiger partial charge in [-0.05, 0) is 18.2 Å². The third kappa shape index (κ3) is 7.17. The highest BCUT2D eigenvalue weighted by molar-refractivity contribution is 6.35. The lowest BCUT2D eigenvalue weighted by Gasteiger charge is -2.09. The average Bonchev–Trinajstić information content (AvgIpc) is 2.43. The van der Waals surface area contributed by atoms with E-state index in [9.17, 15) is 9.59 Å². The molecule has 6 nitrogen and oxygen atoms in total. The van der Waals surface area contributed by atoms with Crippen molar-refractivity contribution in [1.29, 1.82) is 0 Å². The van der Waals surface area contributed by atoms with Gasteiger partial charge in [-0.3, -0.25) is 4.79 Å². The van der Waals surface area contributed by atoms with Crippen LogP contribution in [0.25, 0.3) is 0 Å². The summed E-state index contributed by atoms with van der Waals surface area (Å²) >= 11 is 11.7. The van der Waals surface area contributed by atoms with E-state index in [-0.39, 0.29) is 18.9 Å². The summed E-state index contributed by atoms with van der Waals surface area (Å²) in [4.78, 5) is 23.0. The van der Waals surface area contributed by atoms with E-state index < -0.39 is 6.03 Å². The van der Waals surface area contributed by atoms with Crippen molar-refractivity contribution < 1.29 is 14.3 Å². The molecule has 3 N–H and O–H groups in total. The van der Waals surface area contributed by atoms with Crippen LogP contribution >= 0.6 is 23.2 Å². The second-order valence-corrected chi connectivity index (χ2v) is 4.94. The number of carbonyl (C=O) groups is 2. The fraction of sp³-hybridized carbons (Fsp3) is 0.385. The van der Waals surface area contributed by atoms with Crippen molar-refractivity contribution in [1.82, 2.24) is 10.6 Å². The third-order valence-corrected chi connectivity index (χ3v) is 3.01. The number of hydrogen-bond acceptors (Lipinski definition) is 3. The third-order valence-electron chi connectivity index (χ3n) is 2.44. The Hall–Kier alpha value is -1.50. The lowest BCUT2D eigenvalue weighted by molar-refractivity contribution is -0.121. The van der Waals surface area contributed by atoms with Crippen LogP contribution in [0.2, 0.25) is 10.0 Å². The first-order valence-electron chi connectivity index (χ1n) is 6.28. The number of ether oxygens (including phenoxy) is 1. The molecule has 21 heavy (non-hydrogen) atoms. The average molecular weight is 334 g/mol. The molecular weight excluding hydrogens is 317 g/mol. The number of carbonyl (C=O) groups excluding carboxylic acids is 2. The Balaban J connectivity index is 2.28. The summed E-state index contributed by atoms with van der Waals surface area (Å²) in [5.74, 6) is -0.159. The molecule has 0 heterocycles. The van der Waals surface area contributed by atoms with Gasteiger partial charge in [0, 0.05) is 31.6 Å². The second-order valence-electron chi connectivity index (χ2n) is 4.10. The van der Waals surface area contributed by atoms with Gasteiger partial charge >= 0.3 is 6.03 Å². The number of rotatable bonds is 7. The summed E-state index contributed by atoms with van der Waals surface area (Å²) < 4.78 is 4.80. The Morgan fingerprint density at radius 2 is 1.95 bits per heavy atom. The zero-order valence-corrected chi connectivity index (χ0v) is 13.1. The number of hydrogen-bond donors (Lipinski definition) is 3. The van der Waals surface area contributed by atoms with Gasteiger partial charge in [-0.2, -0.15) is 0 Å². The van der Waals surface area contributed by atoms with E-state index >= 15 is 0 Å². The van der Waals surface area contributed by atoms with Gasteiger partial charge in [-0.1, -0.05) is 23.2 Å². The summed E-state index contributed by atoms with van der Waals surface area (Å²) in [6.07, 6.45) is 0.181. The van der Waals surface area contributed by atoms with E-state index in [4.69, 9.17) is 27.9 Å². The van der Waals surface area contributed by atoms with Crippen LogP contribution in [0.15, 0.2) is 18.2 Å². The minimum Gasteiger partial charge on any atom is -0.383 e. The molecule has 0 aliphatic rings. The SMILES string of the molecule is COCCNC(=O)CCNC(=O)Nc1cc(Cl)ccc1Cl. The number of benzene rings is 1. The lowest BCUT2D eigenvalue weighted by Crippen LogP contribution is -2.34. The topological polar surface area (TPSA) is 79.5 Å². The predicted octanol–water partition coefficient (Wildman–Crippen LogP) is 2.27. The van der Waals surface area contributed by atoms with Crippen molar-refractivity contribution in [2.75, 3.05) is 32.1 Å². The van der Waals surface area contributed by atoms with Gasteiger partial charge in [-0.15, -0.1) is 0 Å². The molecule has 0 unspecified atom stereocenters. The highest BCUT2D eigenvalue weighted by Crippen LogP contribution is 2.25. The molecule has 0 spiro atoms. The zero-order valence-electron chi connectivity index (χ0n) is 11.5. The van der Waals surface area contributed by atoms with Crippen LogP contribution in [-0.4, -0.2) is 38.7 Å². The Labute approximate surface area is 133 Å². The molecule has 0 aromatic heterocycles. The molecule has 0 radical (unpaired) electrons. The van der Waals surface area contributed by atoms with E-state index in [1.165, 1.54) is 0 Å². The molecule has 0 aliphatic heterocycles. The first-order chi connectivity index (χ1) is 10.0. The largest absolute Gasteiger partial charge is 0.383 e. The Morgan fingerprint density at radius 3 is 2.67 bits per heavy atom. The van der Waals surface area contributed by atoms with Crippen LogP contribution in [-0.2, 0) is 9.53 Å². The number of methoxy groups -OCH3 is 1. The molecule has 116 valence electrons. The Bertz CT molecular complexity index is 498. The van der Waals surface area contributed by atoms with Crippen molar-refractivity contribution in [3.8, 4) is 0 Å². The Kier molecular flexibility index (Phi) is 7.89. The maximum absolute atomic E-state index is 11.6. The molecular formula is C13H17Cl2N3O3. The van der Waals surface area contributed by atoms with E-state index in [1.807, 2.05) is 0 Å². The van der Waals surface area contributed by atoms with Gasteiger partial charge < -0.3 is 20.7 Å². The van der Waals surface area contributed by atoms with Crippen molar-refractivity contribution in [3.63, 3.8) is 0 Å². The minimum atomic E-state index is -0.455. The van der Waals surface area contributed by atoms with Gasteiger partial charge in [0.25, 0.3) is 0 Å². The van der Waals surface area contributed by atoms with Crippen LogP contribution < -0.4 is 16.0 Å². The summed E-state index contributed by atoms with van der Waals surface area (Å²) in [5.41, 5.74) is 0.409. The molecule has 3 amide bonds. The summed E-state index contributed by atoms with van der Waals surface area (Å²) in [6, 6.07) is 4.30. The fourth-order valence-electron chi connectivity index (χ4n) is 1.43. The molecule has 0 bridgehead atoms. The molecule has 0 fully saturated rings. The molecule has 1 aromatic rings. The van der Waals surface area contributed by atoms with E-state index in [1.54, 1.807) is 25.3 Å². The van der Waals surface area contributed by atoms with Crippen LogP contribution in [0.1, 0.15) is 6.42 Å². The number of halogens is 2. The summed E-state index contributed by atoms with van der Waals surface area (Å²) in [5, 5.41) is 8.61. The smallest absolute Gasteiger partial charge is 0.319 e. The van der Waals surface area contributed by atoms with Crippen molar-refractivity contribution >= 4 is 40.8 Å². The molecule has 1 aromatic carbocycles. The summed E-state index contributed by atoms with van der Waals surface area (Å²) in [7, 11) is 1.55. The van der Waals surface area contributed by atoms with Gasteiger partial charge in [0.2, 0.25) is 5.91 Å². The van der Waals surface area contributed by atoms with E-state index in [0.29, 0.717) is 28.9 Å². The van der Waals surface area contributed by atoms with Crippen LogP contribution in [0.3, 0.4) is 0 Å². The second kappa shape index (κ2) is 9.44. The van der Waals surface area contributed by atoms with Crippen LogP contribution in [0, 0.1) is 0 Å². The monoisotopic (exact) mass is 333 g/mol. The number of nitrogens with one attached hydrogen (secondary N) is 3. The van der Waals surface area contributed by atoms with Crippen molar-refractivity contribution in [3.05, 3.63) is 28.2 Å². The summed E-state index contributed by atoms with van der Waals surface area (Å²) in [6.45, 7) is 1.11. The quantitative estimate of drug-likeness (QED) is 0.669. The highest BCUT2D eigenvalue weighted by Gasteiger charge is 2.07. The predicted molar refractivity (Wildman–Crippen MR) is 83.0 cm³/mol. The van der Waals surface area contributed by atoms with Gasteiger partial charge in [0.05, 0.1) is 17.3 Å². The van der Waals surface area contributed by atoms with E-state index in [0.717, 1.165) is 0 Å². The van der Waals surface area contributed by atoms with E-state index in [2.05, 4.69) is 16.0 Å². The maximum Gasteiger partial charge on any atom is 0.319 e. The Morgan fingerprint density at radius 1 is 1.19 bits per heavy atom. The van der Waals surface area contributed by atoms with Crippen LogP contribution in [0.4, 0.5) is 10.5 Å². The van der Waals surface area contributed by atoms with Crippen LogP contribution in [0.5, 0.6) is 0 Å². The van der Waals surface area contributed by atoms with Crippen molar-refractivity contribution in [2.45, 2.75) is 6.42 Å². The fourth-order valence-corrected chi connectivity index (χ4v) is 1.77. The van der Waals surface area contributed by atoms with Gasteiger partial charge in [0.1, 0.15) is 0 Å². The first kappa shape index (κ1) is 17.6. The zero-order chi connectivity index (χ0) is 15.7. The standard InChI is InChI=1S/C13H17Cl2N3O3/c1-21-7-6-16-12(19)4-5-17-13(20)18-11-8-9(14)2-3-10(11)15/h2-3,8H,4-7H2,1H3,(H,16,19)(H2,17,18,20). The molecule has 0 atom stereocenters. The van der Waals surface area contributed by atoms with Gasteiger partial charge in [0.15, 0.2) is 0 Å².